The third-order valence-corrected chi connectivity index (χ3v) is 5.61. The normalized spacial score (nSPS) is 22.2. The molecule has 1 aromatic carbocycles. The minimum atomic E-state index is -0.609. The van der Waals surface area contributed by atoms with Crippen molar-refractivity contribution in [3.05, 3.63) is 60.2 Å². The number of rotatable bonds is 4. The lowest BCUT2D eigenvalue weighted by Crippen LogP contribution is -2.62. The average molecular weight is 397 g/mol. The minimum Gasteiger partial charge on any atom is -0.361 e. The van der Waals surface area contributed by atoms with Crippen molar-refractivity contribution in [1.29, 1.82) is 0 Å². The fourth-order valence-electron chi connectivity index (χ4n) is 4.11. The van der Waals surface area contributed by atoms with E-state index in [1.54, 1.807) is 29.4 Å². The Bertz CT molecular complexity index is 892. The van der Waals surface area contributed by atoms with Gasteiger partial charge in [0.25, 0.3) is 5.91 Å². The summed E-state index contributed by atoms with van der Waals surface area (Å²) in [6, 6.07) is 9.85. The second-order valence-electron chi connectivity index (χ2n) is 7.71. The summed E-state index contributed by atoms with van der Waals surface area (Å²) in [4.78, 5) is 32.7. The maximum atomic E-state index is 13.6. The number of benzene rings is 1. The molecule has 1 atom stereocenters. The Labute approximate surface area is 169 Å². The van der Waals surface area contributed by atoms with Gasteiger partial charge in [0, 0.05) is 31.0 Å². The monoisotopic (exact) mass is 397 g/mol. The van der Waals surface area contributed by atoms with Crippen LogP contribution in [0.15, 0.2) is 48.8 Å². The van der Waals surface area contributed by atoms with Gasteiger partial charge in [0.05, 0.1) is 13.1 Å². The highest BCUT2D eigenvalue weighted by molar-refractivity contribution is 5.95. The lowest BCUT2D eigenvalue weighted by atomic mass is 9.90. The van der Waals surface area contributed by atoms with Gasteiger partial charge in [-0.1, -0.05) is 12.1 Å². The summed E-state index contributed by atoms with van der Waals surface area (Å²) in [5.41, 5.74) is 0.949. The van der Waals surface area contributed by atoms with E-state index in [0.29, 0.717) is 38.2 Å². The third-order valence-electron chi connectivity index (χ3n) is 5.61. The number of aromatic nitrogens is 1. The maximum absolute atomic E-state index is 13.6. The van der Waals surface area contributed by atoms with E-state index in [4.69, 9.17) is 4.74 Å². The predicted octanol–water partition coefficient (Wildman–Crippen LogP) is 2.58. The Morgan fingerprint density at radius 2 is 2.14 bits per heavy atom. The van der Waals surface area contributed by atoms with Crippen molar-refractivity contribution in [3.8, 4) is 0 Å². The SMILES string of the molecule is O=C(CCc1cccnc1)N1CCCC2(C1)CN(c1cccc(F)c1)C(=O)CO2. The second-order valence-corrected chi connectivity index (χ2v) is 7.71. The van der Waals surface area contributed by atoms with E-state index in [2.05, 4.69) is 4.98 Å². The van der Waals surface area contributed by atoms with Crippen molar-refractivity contribution in [2.75, 3.05) is 31.1 Å². The van der Waals surface area contributed by atoms with E-state index in [-0.39, 0.29) is 24.2 Å². The van der Waals surface area contributed by atoms with E-state index in [1.165, 1.54) is 12.1 Å². The average Bonchev–Trinajstić information content (AvgIpc) is 2.75. The second kappa shape index (κ2) is 8.29. The Morgan fingerprint density at radius 1 is 1.24 bits per heavy atom. The van der Waals surface area contributed by atoms with E-state index < -0.39 is 5.60 Å². The van der Waals surface area contributed by atoms with Gasteiger partial charge < -0.3 is 14.5 Å². The van der Waals surface area contributed by atoms with Crippen LogP contribution in [0.2, 0.25) is 0 Å². The molecule has 2 aliphatic heterocycles. The molecular weight excluding hydrogens is 373 g/mol. The quantitative estimate of drug-likeness (QED) is 0.796. The number of likely N-dealkylation sites (tertiary alicyclic amines) is 1. The number of morpholine rings is 1. The molecule has 4 rings (SSSR count). The summed E-state index contributed by atoms with van der Waals surface area (Å²) in [5.74, 6) is -0.501. The first-order valence-electron chi connectivity index (χ1n) is 9.91. The largest absolute Gasteiger partial charge is 0.361 e. The van der Waals surface area contributed by atoms with Gasteiger partial charge >= 0.3 is 0 Å². The Kier molecular flexibility index (Phi) is 5.58. The molecule has 2 aromatic rings. The van der Waals surface area contributed by atoms with Crippen molar-refractivity contribution < 1.29 is 18.7 Å². The van der Waals surface area contributed by atoms with Crippen LogP contribution in [0.5, 0.6) is 0 Å². The van der Waals surface area contributed by atoms with Crippen molar-refractivity contribution in [2.45, 2.75) is 31.3 Å². The van der Waals surface area contributed by atoms with Crippen LogP contribution < -0.4 is 4.90 Å². The number of ether oxygens (including phenoxy) is 1. The molecule has 0 aliphatic carbocycles. The summed E-state index contributed by atoms with van der Waals surface area (Å²) >= 11 is 0. The van der Waals surface area contributed by atoms with Crippen LogP contribution in [-0.2, 0) is 20.7 Å². The number of hydrogen-bond donors (Lipinski definition) is 0. The fourth-order valence-corrected chi connectivity index (χ4v) is 4.11. The van der Waals surface area contributed by atoms with Gasteiger partial charge in [0.15, 0.2) is 0 Å². The van der Waals surface area contributed by atoms with Crippen molar-refractivity contribution >= 4 is 17.5 Å². The summed E-state index contributed by atoms with van der Waals surface area (Å²) in [6.45, 7) is 1.39. The molecule has 0 bridgehead atoms. The van der Waals surface area contributed by atoms with Crippen LogP contribution in [-0.4, -0.2) is 53.5 Å². The molecule has 2 amide bonds. The molecule has 7 heteroatoms. The van der Waals surface area contributed by atoms with Gasteiger partial charge in [-0.25, -0.2) is 4.39 Å². The molecule has 1 spiro atoms. The topological polar surface area (TPSA) is 62.7 Å². The highest BCUT2D eigenvalue weighted by atomic mass is 19.1. The van der Waals surface area contributed by atoms with Gasteiger partial charge in [0.1, 0.15) is 18.0 Å². The minimum absolute atomic E-state index is 0.0613. The molecule has 2 fully saturated rings. The third kappa shape index (κ3) is 4.45. The first-order valence-corrected chi connectivity index (χ1v) is 9.91. The van der Waals surface area contributed by atoms with Crippen LogP contribution in [0.1, 0.15) is 24.8 Å². The molecule has 0 saturated carbocycles. The summed E-state index contributed by atoms with van der Waals surface area (Å²) in [5, 5.41) is 0. The molecule has 2 saturated heterocycles. The molecular formula is C22H24FN3O3. The fraction of sp³-hybridized carbons (Fsp3) is 0.409. The van der Waals surface area contributed by atoms with Crippen LogP contribution in [0.3, 0.4) is 0 Å². The van der Waals surface area contributed by atoms with E-state index in [0.717, 1.165) is 18.4 Å². The number of piperidine rings is 1. The number of pyridine rings is 1. The number of nitrogens with zero attached hydrogens (tertiary/aromatic N) is 3. The van der Waals surface area contributed by atoms with Crippen molar-refractivity contribution in [1.82, 2.24) is 9.88 Å². The number of anilines is 1. The first-order chi connectivity index (χ1) is 14.0. The highest BCUT2D eigenvalue weighted by Crippen LogP contribution is 2.32. The molecule has 0 radical (unpaired) electrons. The Hall–Kier alpha value is -2.80. The summed E-state index contributed by atoms with van der Waals surface area (Å²) in [6.07, 6.45) is 6.12. The van der Waals surface area contributed by atoms with Gasteiger partial charge in [-0.15, -0.1) is 0 Å². The zero-order valence-corrected chi connectivity index (χ0v) is 16.2. The Balaban J connectivity index is 1.43. The number of carbonyl (C=O) groups is 2. The highest BCUT2D eigenvalue weighted by Gasteiger charge is 2.44. The number of aryl methyl sites for hydroxylation is 1. The van der Waals surface area contributed by atoms with E-state index >= 15 is 0 Å². The van der Waals surface area contributed by atoms with Gasteiger partial charge in [-0.2, -0.15) is 0 Å². The first kappa shape index (κ1) is 19.5. The summed E-state index contributed by atoms with van der Waals surface area (Å²) in [7, 11) is 0. The van der Waals surface area contributed by atoms with E-state index in [9.17, 15) is 14.0 Å². The van der Waals surface area contributed by atoms with Crippen molar-refractivity contribution in [3.63, 3.8) is 0 Å². The molecule has 152 valence electrons. The van der Waals surface area contributed by atoms with Crippen LogP contribution in [0, 0.1) is 5.82 Å². The van der Waals surface area contributed by atoms with Gasteiger partial charge in [-0.05, 0) is 49.1 Å². The van der Waals surface area contributed by atoms with Crippen molar-refractivity contribution in [2.24, 2.45) is 0 Å². The van der Waals surface area contributed by atoms with Crippen LogP contribution in [0.4, 0.5) is 10.1 Å². The number of carbonyl (C=O) groups excluding carboxylic acids is 2. The molecule has 0 N–H and O–H groups in total. The van der Waals surface area contributed by atoms with E-state index in [1.807, 2.05) is 17.0 Å². The predicted molar refractivity (Wildman–Crippen MR) is 106 cm³/mol. The Morgan fingerprint density at radius 3 is 2.93 bits per heavy atom. The summed E-state index contributed by atoms with van der Waals surface area (Å²) < 4.78 is 19.6. The van der Waals surface area contributed by atoms with Crippen LogP contribution in [0.25, 0.3) is 0 Å². The lowest BCUT2D eigenvalue weighted by Gasteiger charge is -2.47. The molecule has 1 unspecified atom stereocenters. The zero-order valence-electron chi connectivity index (χ0n) is 16.2. The molecule has 1 aromatic heterocycles. The molecule has 6 nitrogen and oxygen atoms in total. The number of halogens is 1. The molecule has 29 heavy (non-hydrogen) atoms. The van der Waals surface area contributed by atoms with Gasteiger partial charge in [-0.3, -0.25) is 14.6 Å². The zero-order chi connectivity index (χ0) is 20.3. The standard InChI is InChI=1S/C22H24FN3O3/c23-18-5-1-6-19(12-18)26-16-22(29-14-21(26)28)9-3-11-25(15-22)20(27)8-7-17-4-2-10-24-13-17/h1-2,4-6,10,12-13H,3,7-9,11,14-16H2. The lowest BCUT2D eigenvalue weighted by molar-refractivity contribution is -0.153. The van der Waals surface area contributed by atoms with Gasteiger partial charge in [0.2, 0.25) is 5.91 Å². The molecule has 2 aliphatic rings. The number of amides is 2. The molecule has 3 heterocycles. The van der Waals surface area contributed by atoms with Crippen LogP contribution >= 0.6 is 0 Å². The maximum Gasteiger partial charge on any atom is 0.253 e. The smallest absolute Gasteiger partial charge is 0.253 e. The number of hydrogen-bond acceptors (Lipinski definition) is 4.